The molecular weight excluding hydrogens is 206 g/mol. The molecule has 0 saturated carbocycles. The minimum Gasteiger partial charge on any atom is -0.364 e. The van der Waals surface area contributed by atoms with Crippen molar-refractivity contribution in [1.82, 2.24) is 4.98 Å². The van der Waals surface area contributed by atoms with Gasteiger partial charge >= 0.3 is 5.69 Å². The summed E-state index contributed by atoms with van der Waals surface area (Å²) < 4.78 is 0. The second-order valence-corrected chi connectivity index (χ2v) is 4.09. The lowest BCUT2D eigenvalue weighted by molar-refractivity contribution is -0.384. The Morgan fingerprint density at radius 1 is 1.56 bits per heavy atom. The first kappa shape index (κ1) is 12.4. The van der Waals surface area contributed by atoms with E-state index in [0.29, 0.717) is 11.7 Å². The van der Waals surface area contributed by atoms with E-state index in [1.807, 2.05) is 0 Å². The largest absolute Gasteiger partial charge is 0.364 e. The zero-order chi connectivity index (χ0) is 12.0. The van der Waals surface area contributed by atoms with Crippen molar-refractivity contribution in [2.24, 2.45) is 5.92 Å². The molecule has 0 spiro atoms. The van der Waals surface area contributed by atoms with Crippen LogP contribution in [-0.2, 0) is 0 Å². The van der Waals surface area contributed by atoms with Crippen LogP contribution in [0.2, 0.25) is 0 Å². The van der Waals surface area contributed by atoms with Crippen LogP contribution in [0.15, 0.2) is 18.3 Å². The highest BCUT2D eigenvalue weighted by atomic mass is 16.6. The molecule has 88 valence electrons. The lowest BCUT2D eigenvalue weighted by Gasteiger charge is -2.07. The van der Waals surface area contributed by atoms with E-state index in [-0.39, 0.29) is 5.69 Å². The van der Waals surface area contributed by atoms with Gasteiger partial charge in [-0.25, -0.2) is 4.98 Å². The van der Waals surface area contributed by atoms with Crippen LogP contribution in [0.25, 0.3) is 0 Å². The van der Waals surface area contributed by atoms with Crippen molar-refractivity contribution in [2.45, 2.75) is 26.7 Å². The first-order valence-corrected chi connectivity index (χ1v) is 5.44. The molecule has 0 atom stereocenters. The molecule has 0 unspecified atom stereocenters. The summed E-state index contributed by atoms with van der Waals surface area (Å²) in [6, 6.07) is 3.02. The molecule has 1 aromatic heterocycles. The van der Waals surface area contributed by atoms with Gasteiger partial charge in [-0.15, -0.1) is 0 Å². The minimum atomic E-state index is -0.419. The highest BCUT2D eigenvalue weighted by molar-refractivity contribution is 5.54. The standard InChI is InChI=1S/C11H17N3O2/c1-9(2)5-3-7-12-11-10(14(15)16)6-4-8-13-11/h4,6,8-9H,3,5,7H2,1-2H3,(H,12,13). The fraction of sp³-hybridized carbons (Fsp3) is 0.545. The quantitative estimate of drug-likeness (QED) is 0.457. The van der Waals surface area contributed by atoms with E-state index in [2.05, 4.69) is 24.1 Å². The summed E-state index contributed by atoms with van der Waals surface area (Å²) in [6.07, 6.45) is 3.65. The number of rotatable bonds is 6. The Morgan fingerprint density at radius 3 is 2.94 bits per heavy atom. The Morgan fingerprint density at radius 2 is 2.31 bits per heavy atom. The van der Waals surface area contributed by atoms with Crippen LogP contribution in [0.3, 0.4) is 0 Å². The van der Waals surface area contributed by atoms with Gasteiger partial charge in [-0.3, -0.25) is 10.1 Å². The number of nitro groups is 1. The Balaban J connectivity index is 2.50. The van der Waals surface area contributed by atoms with Crippen LogP contribution in [0.1, 0.15) is 26.7 Å². The maximum atomic E-state index is 10.7. The number of hydrogen-bond acceptors (Lipinski definition) is 4. The summed E-state index contributed by atoms with van der Waals surface area (Å²) >= 11 is 0. The SMILES string of the molecule is CC(C)CCCNc1ncccc1[N+](=O)[O-]. The molecule has 1 N–H and O–H groups in total. The van der Waals surface area contributed by atoms with Gasteiger partial charge in [0.1, 0.15) is 0 Å². The van der Waals surface area contributed by atoms with E-state index in [9.17, 15) is 10.1 Å². The third kappa shape index (κ3) is 3.84. The van der Waals surface area contributed by atoms with Gasteiger partial charge in [0.2, 0.25) is 5.82 Å². The molecule has 0 aliphatic rings. The van der Waals surface area contributed by atoms with E-state index in [0.717, 1.165) is 19.4 Å². The average Bonchev–Trinajstić information content (AvgIpc) is 2.24. The maximum absolute atomic E-state index is 10.7. The van der Waals surface area contributed by atoms with Gasteiger partial charge in [0.25, 0.3) is 0 Å². The van der Waals surface area contributed by atoms with Crippen LogP contribution in [0, 0.1) is 16.0 Å². The second kappa shape index (κ2) is 6.05. The van der Waals surface area contributed by atoms with Gasteiger partial charge in [-0.05, 0) is 24.8 Å². The Bertz CT molecular complexity index is 353. The van der Waals surface area contributed by atoms with Gasteiger partial charge in [0.05, 0.1) is 4.92 Å². The summed E-state index contributed by atoms with van der Waals surface area (Å²) in [4.78, 5) is 14.2. The van der Waals surface area contributed by atoms with Crippen molar-refractivity contribution in [3.8, 4) is 0 Å². The third-order valence-corrected chi connectivity index (χ3v) is 2.23. The lowest BCUT2D eigenvalue weighted by Crippen LogP contribution is -2.06. The minimum absolute atomic E-state index is 0.0343. The molecule has 1 aromatic rings. The fourth-order valence-electron chi connectivity index (χ4n) is 1.40. The van der Waals surface area contributed by atoms with Crippen LogP contribution in [0.4, 0.5) is 11.5 Å². The van der Waals surface area contributed by atoms with Gasteiger partial charge in [-0.1, -0.05) is 13.8 Å². The van der Waals surface area contributed by atoms with Crippen LogP contribution >= 0.6 is 0 Å². The molecule has 0 amide bonds. The zero-order valence-corrected chi connectivity index (χ0v) is 9.64. The Labute approximate surface area is 95.0 Å². The first-order chi connectivity index (χ1) is 7.61. The van der Waals surface area contributed by atoms with Gasteiger partial charge in [0.15, 0.2) is 0 Å². The van der Waals surface area contributed by atoms with Crippen molar-refractivity contribution in [3.63, 3.8) is 0 Å². The van der Waals surface area contributed by atoms with E-state index in [1.165, 1.54) is 6.07 Å². The highest BCUT2D eigenvalue weighted by Crippen LogP contribution is 2.20. The van der Waals surface area contributed by atoms with Crippen LogP contribution in [0.5, 0.6) is 0 Å². The van der Waals surface area contributed by atoms with Gasteiger partial charge < -0.3 is 5.32 Å². The van der Waals surface area contributed by atoms with E-state index < -0.39 is 4.92 Å². The number of nitrogens with one attached hydrogen (secondary N) is 1. The topological polar surface area (TPSA) is 68.1 Å². The molecular formula is C11H17N3O2. The molecule has 0 saturated heterocycles. The fourth-order valence-corrected chi connectivity index (χ4v) is 1.40. The predicted molar refractivity (Wildman–Crippen MR) is 63.5 cm³/mol. The van der Waals surface area contributed by atoms with Crippen LogP contribution in [-0.4, -0.2) is 16.5 Å². The van der Waals surface area contributed by atoms with Crippen molar-refractivity contribution in [3.05, 3.63) is 28.4 Å². The Hall–Kier alpha value is -1.65. The van der Waals surface area contributed by atoms with E-state index in [1.54, 1.807) is 12.3 Å². The zero-order valence-electron chi connectivity index (χ0n) is 9.64. The Kier molecular flexibility index (Phi) is 4.69. The molecule has 1 heterocycles. The number of hydrogen-bond donors (Lipinski definition) is 1. The molecule has 0 aliphatic carbocycles. The maximum Gasteiger partial charge on any atom is 0.311 e. The van der Waals surface area contributed by atoms with Crippen LogP contribution < -0.4 is 5.32 Å². The highest BCUT2D eigenvalue weighted by Gasteiger charge is 2.12. The molecule has 0 aromatic carbocycles. The van der Waals surface area contributed by atoms with Crippen molar-refractivity contribution < 1.29 is 4.92 Å². The molecule has 0 aliphatic heterocycles. The molecule has 0 bridgehead atoms. The summed E-state index contributed by atoms with van der Waals surface area (Å²) in [5.41, 5.74) is 0.0343. The van der Waals surface area contributed by atoms with Crippen molar-refractivity contribution >= 4 is 11.5 Å². The number of anilines is 1. The lowest BCUT2D eigenvalue weighted by atomic mass is 10.1. The van der Waals surface area contributed by atoms with E-state index in [4.69, 9.17) is 0 Å². The summed E-state index contributed by atoms with van der Waals surface area (Å²) in [7, 11) is 0. The first-order valence-electron chi connectivity index (χ1n) is 5.44. The second-order valence-electron chi connectivity index (χ2n) is 4.09. The number of pyridine rings is 1. The molecule has 5 nitrogen and oxygen atoms in total. The molecule has 0 radical (unpaired) electrons. The van der Waals surface area contributed by atoms with Crippen molar-refractivity contribution in [2.75, 3.05) is 11.9 Å². The van der Waals surface area contributed by atoms with Gasteiger partial charge in [0, 0.05) is 18.8 Å². The van der Waals surface area contributed by atoms with Gasteiger partial charge in [-0.2, -0.15) is 0 Å². The molecule has 0 fully saturated rings. The molecule has 1 rings (SSSR count). The summed E-state index contributed by atoms with van der Waals surface area (Å²) in [6.45, 7) is 5.03. The smallest absolute Gasteiger partial charge is 0.311 e. The van der Waals surface area contributed by atoms with Crippen molar-refractivity contribution in [1.29, 1.82) is 0 Å². The molecule has 5 heteroatoms. The third-order valence-electron chi connectivity index (χ3n) is 2.23. The monoisotopic (exact) mass is 223 g/mol. The summed E-state index contributed by atoms with van der Waals surface area (Å²) in [5, 5.41) is 13.7. The summed E-state index contributed by atoms with van der Waals surface area (Å²) in [5.74, 6) is 1.01. The number of aromatic nitrogens is 1. The normalized spacial score (nSPS) is 10.4. The average molecular weight is 223 g/mol. The predicted octanol–water partition coefficient (Wildman–Crippen LogP) is 2.84. The molecule has 16 heavy (non-hydrogen) atoms. The number of nitrogens with zero attached hydrogens (tertiary/aromatic N) is 2. The van der Waals surface area contributed by atoms with E-state index >= 15 is 0 Å².